The Labute approximate surface area is 91.4 Å². The molecule has 2 heterocycles. The number of amides is 1. The van der Waals surface area contributed by atoms with Gasteiger partial charge in [-0.3, -0.25) is 9.48 Å². The largest absolute Gasteiger partial charge is 0.334 e. The van der Waals surface area contributed by atoms with Gasteiger partial charge in [0.1, 0.15) is 5.88 Å². The summed E-state index contributed by atoms with van der Waals surface area (Å²) in [5.41, 5.74) is 0.886. The predicted molar refractivity (Wildman–Crippen MR) is 53.4 cm³/mol. The zero-order chi connectivity index (χ0) is 10.1. The van der Waals surface area contributed by atoms with Gasteiger partial charge in [0.05, 0.1) is 30.0 Å². The highest BCUT2D eigenvalue weighted by Crippen LogP contribution is 2.20. The van der Waals surface area contributed by atoms with Crippen molar-refractivity contribution in [3.8, 4) is 0 Å². The number of hydrogen-bond donors (Lipinski definition) is 0. The molecular weight excluding hydrogens is 225 g/mol. The first-order valence-corrected chi connectivity index (χ1v) is 5.17. The van der Waals surface area contributed by atoms with Crippen LogP contribution in [-0.2, 0) is 17.9 Å². The van der Waals surface area contributed by atoms with E-state index in [9.17, 15) is 4.79 Å². The molecule has 1 amide bonds. The minimum absolute atomic E-state index is 0.0196. The smallest absolute Gasteiger partial charge is 0.237 e. The second kappa shape index (κ2) is 3.79. The van der Waals surface area contributed by atoms with Crippen LogP contribution in [0.5, 0.6) is 0 Å². The maximum Gasteiger partial charge on any atom is 0.237 e. The molecule has 0 unspecified atom stereocenters. The van der Waals surface area contributed by atoms with E-state index in [1.807, 2.05) is 4.68 Å². The molecule has 0 N–H and O–H groups in total. The molecule has 4 nitrogen and oxygen atoms in total. The van der Waals surface area contributed by atoms with Crippen molar-refractivity contribution in [1.82, 2.24) is 14.7 Å². The highest BCUT2D eigenvalue weighted by atomic mass is 35.5. The molecule has 0 bridgehead atoms. The molecule has 1 aliphatic heterocycles. The van der Waals surface area contributed by atoms with Crippen LogP contribution in [0.2, 0.25) is 5.02 Å². The van der Waals surface area contributed by atoms with Crippen molar-refractivity contribution in [2.45, 2.75) is 13.1 Å². The number of rotatable bonds is 1. The molecule has 0 fully saturated rings. The highest BCUT2D eigenvalue weighted by molar-refractivity contribution is 6.31. The topological polar surface area (TPSA) is 38.1 Å². The molecule has 76 valence electrons. The van der Waals surface area contributed by atoms with E-state index in [0.29, 0.717) is 24.7 Å². The summed E-state index contributed by atoms with van der Waals surface area (Å²) in [6.45, 7) is 1.84. The molecule has 1 aromatic rings. The summed E-state index contributed by atoms with van der Waals surface area (Å²) in [6, 6.07) is 0. The Morgan fingerprint density at radius 1 is 1.57 bits per heavy atom. The molecule has 1 aliphatic rings. The fraction of sp³-hybridized carbons (Fsp3) is 0.500. The van der Waals surface area contributed by atoms with E-state index in [4.69, 9.17) is 23.2 Å². The lowest BCUT2D eigenvalue weighted by molar-refractivity contribution is -0.129. The third-order valence-corrected chi connectivity index (χ3v) is 2.83. The Kier molecular flexibility index (Phi) is 2.65. The number of hydrogen-bond acceptors (Lipinski definition) is 2. The number of aromatic nitrogens is 2. The maximum absolute atomic E-state index is 11.3. The Morgan fingerprint density at radius 3 is 3.07 bits per heavy atom. The fourth-order valence-corrected chi connectivity index (χ4v) is 1.88. The van der Waals surface area contributed by atoms with Gasteiger partial charge in [-0.2, -0.15) is 5.10 Å². The number of nitrogens with zero attached hydrogens (tertiary/aromatic N) is 3. The fourth-order valence-electron chi connectivity index (χ4n) is 1.51. The van der Waals surface area contributed by atoms with E-state index in [-0.39, 0.29) is 11.8 Å². The molecule has 2 rings (SSSR count). The summed E-state index contributed by atoms with van der Waals surface area (Å²) in [6.07, 6.45) is 1.60. The Hall–Kier alpha value is -0.740. The molecular formula is C8H9Cl2N3O. The van der Waals surface area contributed by atoms with E-state index >= 15 is 0 Å². The van der Waals surface area contributed by atoms with Crippen LogP contribution < -0.4 is 0 Å². The lowest BCUT2D eigenvalue weighted by atomic mass is 10.3. The molecule has 0 saturated heterocycles. The molecule has 0 atom stereocenters. The number of carbonyl (C=O) groups is 1. The van der Waals surface area contributed by atoms with E-state index in [2.05, 4.69) is 5.10 Å². The zero-order valence-electron chi connectivity index (χ0n) is 7.41. The predicted octanol–water partition coefficient (Wildman–Crippen LogP) is 1.12. The summed E-state index contributed by atoms with van der Waals surface area (Å²) in [4.78, 5) is 13.0. The van der Waals surface area contributed by atoms with Gasteiger partial charge in [0, 0.05) is 6.54 Å². The molecule has 0 saturated carbocycles. The van der Waals surface area contributed by atoms with Crippen molar-refractivity contribution >= 4 is 29.1 Å². The quantitative estimate of drug-likeness (QED) is 0.683. The first kappa shape index (κ1) is 9.80. The number of halogens is 2. The Bertz CT molecular complexity index is 363. The molecule has 0 radical (unpaired) electrons. The van der Waals surface area contributed by atoms with Gasteiger partial charge in [0.25, 0.3) is 0 Å². The van der Waals surface area contributed by atoms with Crippen LogP contribution >= 0.6 is 23.2 Å². The maximum atomic E-state index is 11.3. The van der Waals surface area contributed by atoms with Gasteiger partial charge < -0.3 is 4.90 Å². The van der Waals surface area contributed by atoms with Crippen LogP contribution in [0.1, 0.15) is 5.69 Å². The lowest BCUT2D eigenvalue weighted by Gasteiger charge is -2.27. The van der Waals surface area contributed by atoms with Gasteiger partial charge in [0.2, 0.25) is 5.91 Å². The second-order valence-electron chi connectivity index (χ2n) is 3.11. The van der Waals surface area contributed by atoms with Crippen LogP contribution in [0.3, 0.4) is 0 Å². The van der Waals surface area contributed by atoms with Gasteiger partial charge >= 0.3 is 0 Å². The monoisotopic (exact) mass is 233 g/mol. The molecule has 0 aromatic carbocycles. The summed E-state index contributed by atoms with van der Waals surface area (Å²) in [5.74, 6) is -0.0404. The van der Waals surface area contributed by atoms with E-state index in [0.717, 1.165) is 5.69 Å². The minimum Gasteiger partial charge on any atom is -0.334 e. The van der Waals surface area contributed by atoms with E-state index in [1.54, 1.807) is 11.1 Å². The van der Waals surface area contributed by atoms with Gasteiger partial charge in [-0.25, -0.2) is 0 Å². The first-order chi connectivity index (χ1) is 6.72. The van der Waals surface area contributed by atoms with Gasteiger partial charge in [-0.1, -0.05) is 11.6 Å². The second-order valence-corrected chi connectivity index (χ2v) is 3.79. The molecule has 1 aromatic heterocycles. The van der Waals surface area contributed by atoms with Crippen molar-refractivity contribution in [2.75, 3.05) is 12.4 Å². The zero-order valence-corrected chi connectivity index (χ0v) is 8.92. The highest BCUT2D eigenvalue weighted by Gasteiger charge is 2.22. The average Bonchev–Trinajstić information content (AvgIpc) is 2.59. The van der Waals surface area contributed by atoms with Crippen molar-refractivity contribution in [1.29, 1.82) is 0 Å². The van der Waals surface area contributed by atoms with Crippen molar-refractivity contribution in [2.24, 2.45) is 0 Å². The van der Waals surface area contributed by atoms with Crippen LogP contribution in [-0.4, -0.2) is 33.0 Å². The molecule has 6 heteroatoms. The molecule has 0 spiro atoms. The van der Waals surface area contributed by atoms with Crippen LogP contribution in [0.4, 0.5) is 0 Å². The normalized spacial score (nSPS) is 15.4. The SMILES string of the molecule is O=C(CCl)N1CCn2ncc(Cl)c2C1. The first-order valence-electron chi connectivity index (χ1n) is 4.26. The van der Waals surface area contributed by atoms with Crippen molar-refractivity contribution in [3.63, 3.8) is 0 Å². The Morgan fingerprint density at radius 2 is 2.36 bits per heavy atom. The van der Waals surface area contributed by atoms with Crippen molar-refractivity contribution in [3.05, 3.63) is 16.9 Å². The summed E-state index contributed by atoms with van der Waals surface area (Å²) < 4.78 is 1.82. The third kappa shape index (κ3) is 1.60. The minimum atomic E-state index is -0.0600. The van der Waals surface area contributed by atoms with Crippen molar-refractivity contribution < 1.29 is 4.79 Å². The third-order valence-electron chi connectivity index (χ3n) is 2.29. The van der Waals surface area contributed by atoms with E-state index in [1.165, 1.54) is 0 Å². The van der Waals surface area contributed by atoms with Gasteiger partial charge in [0.15, 0.2) is 0 Å². The van der Waals surface area contributed by atoms with Crippen LogP contribution in [0.15, 0.2) is 6.20 Å². The standard InChI is InChI=1S/C8H9Cl2N3O/c9-3-8(14)12-1-2-13-7(5-12)6(10)4-11-13/h4H,1-3,5H2. The lowest BCUT2D eigenvalue weighted by Crippen LogP contribution is -2.39. The number of alkyl halides is 1. The Balaban J connectivity index is 2.20. The summed E-state index contributed by atoms with van der Waals surface area (Å²) in [7, 11) is 0. The average molecular weight is 234 g/mol. The van der Waals surface area contributed by atoms with Crippen LogP contribution in [0.25, 0.3) is 0 Å². The summed E-state index contributed by atoms with van der Waals surface area (Å²) >= 11 is 11.4. The summed E-state index contributed by atoms with van der Waals surface area (Å²) in [5, 5.41) is 4.70. The van der Waals surface area contributed by atoms with Crippen LogP contribution in [0, 0.1) is 0 Å². The molecule has 14 heavy (non-hydrogen) atoms. The van der Waals surface area contributed by atoms with Gasteiger partial charge in [-0.05, 0) is 0 Å². The number of fused-ring (bicyclic) bond motifs is 1. The number of carbonyl (C=O) groups excluding carboxylic acids is 1. The van der Waals surface area contributed by atoms with E-state index < -0.39 is 0 Å². The van der Waals surface area contributed by atoms with Gasteiger partial charge in [-0.15, -0.1) is 11.6 Å². The molecule has 0 aliphatic carbocycles.